The van der Waals surface area contributed by atoms with E-state index in [1.807, 2.05) is 6.07 Å². The van der Waals surface area contributed by atoms with Gasteiger partial charge in [0.05, 0.1) is 11.6 Å². The molecule has 0 spiro atoms. The number of amidine groups is 1. The van der Waals surface area contributed by atoms with Crippen molar-refractivity contribution < 1.29 is 9.57 Å². The van der Waals surface area contributed by atoms with E-state index >= 15 is 0 Å². The lowest BCUT2D eigenvalue weighted by Crippen LogP contribution is -2.61. The van der Waals surface area contributed by atoms with E-state index in [4.69, 9.17) is 9.57 Å². The second kappa shape index (κ2) is 7.57. The molecule has 1 aromatic rings. The minimum atomic E-state index is -0.451. The van der Waals surface area contributed by atoms with E-state index in [1.165, 1.54) is 0 Å². The van der Waals surface area contributed by atoms with Gasteiger partial charge in [-0.15, -0.1) is 0 Å². The van der Waals surface area contributed by atoms with Crippen LogP contribution in [-0.4, -0.2) is 46.9 Å². The van der Waals surface area contributed by atoms with E-state index in [9.17, 15) is 0 Å². The van der Waals surface area contributed by atoms with Crippen LogP contribution in [0.1, 0.15) is 65.4 Å². The zero-order chi connectivity index (χ0) is 18.8. The summed E-state index contributed by atoms with van der Waals surface area (Å²) in [5.74, 6) is 0.906. The quantitative estimate of drug-likeness (QED) is 0.723. The maximum Gasteiger partial charge on any atom is 0.222 e. The Balaban J connectivity index is 1.97. The molecular weight excluding hydrogens is 326 g/mol. The van der Waals surface area contributed by atoms with Crippen molar-refractivity contribution >= 4 is 5.84 Å². The Morgan fingerprint density at radius 2 is 2.04 bits per heavy atom. The van der Waals surface area contributed by atoms with Crippen LogP contribution in [0.5, 0.6) is 0 Å². The molecule has 2 aliphatic heterocycles. The lowest BCUT2D eigenvalue weighted by atomic mass is 9.96. The Morgan fingerprint density at radius 1 is 1.31 bits per heavy atom. The highest BCUT2D eigenvalue weighted by Gasteiger charge is 2.51. The molecule has 2 aliphatic rings. The fraction of sp³-hybridized carbons (Fsp3) is 0.667. The van der Waals surface area contributed by atoms with Crippen molar-refractivity contribution in [3.05, 3.63) is 35.9 Å². The maximum atomic E-state index is 6.06. The molecule has 5 heteroatoms. The van der Waals surface area contributed by atoms with Gasteiger partial charge < -0.3 is 9.57 Å². The third-order valence-corrected chi connectivity index (χ3v) is 5.81. The highest BCUT2D eigenvalue weighted by Crippen LogP contribution is 2.39. The fourth-order valence-electron chi connectivity index (χ4n) is 4.09. The van der Waals surface area contributed by atoms with Crippen LogP contribution in [0.2, 0.25) is 0 Å². The molecule has 0 bridgehead atoms. The van der Waals surface area contributed by atoms with Gasteiger partial charge in [-0.05, 0) is 40.0 Å². The average molecular weight is 360 g/mol. The first kappa shape index (κ1) is 19.2. The fourth-order valence-corrected chi connectivity index (χ4v) is 4.09. The second-order valence-electron chi connectivity index (χ2n) is 8.09. The molecular formula is C21H33N3O2. The zero-order valence-electron chi connectivity index (χ0n) is 16.9. The number of oxime groups is 1. The van der Waals surface area contributed by atoms with E-state index in [0.717, 1.165) is 50.0 Å². The summed E-state index contributed by atoms with van der Waals surface area (Å²) in [5, 5.41) is 9.30. The molecule has 2 atom stereocenters. The van der Waals surface area contributed by atoms with E-state index < -0.39 is 5.72 Å². The molecule has 3 rings (SSSR count). The summed E-state index contributed by atoms with van der Waals surface area (Å²) in [6, 6.07) is 10.6. The second-order valence-corrected chi connectivity index (χ2v) is 8.09. The van der Waals surface area contributed by atoms with Gasteiger partial charge in [0.25, 0.3) is 0 Å². The molecule has 0 amide bonds. The topological polar surface area (TPSA) is 37.3 Å². The number of hydrogen-bond acceptors (Lipinski definition) is 5. The van der Waals surface area contributed by atoms with Crippen molar-refractivity contribution in [1.29, 1.82) is 0 Å². The van der Waals surface area contributed by atoms with Crippen LogP contribution in [0.4, 0.5) is 0 Å². The molecule has 2 heterocycles. The van der Waals surface area contributed by atoms with Crippen molar-refractivity contribution in [2.75, 3.05) is 13.7 Å². The first-order valence-electron chi connectivity index (χ1n) is 9.86. The highest BCUT2D eigenvalue weighted by molar-refractivity contribution is 5.99. The molecule has 0 saturated carbocycles. The monoisotopic (exact) mass is 359 g/mol. The largest absolute Gasteiger partial charge is 0.377 e. The number of nitrogens with zero attached hydrogens (tertiary/aromatic N) is 3. The van der Waals surface area contributed by atoms with E-state index in [-0.39, 0.29) is 5.60 Å². The first-order chi connectivity index (χ1) is 12.4. The third kappa shape index (κ3) is 3.47. The van der Waals surface area contributed by atoms with Crippen molar-refractivity contribution in [1.82, 2.24) is 10.0 Å². The van der Waals surface area contributed by atoms with E-state index in [2.05, 4.69) is 67.1 Å². The van der Waals surface area contributed by atoms with Crippen molar-refractivity contribution in [2.45, 2.75) is 77.2 Å². The van der Waals surface area contributed by atoms with Gasteiger partial charge in [0.2, 0.25) is 5.72 Å². The molecule has 144 valence electrons. The van der Waals surface area contributed by atoms with Crippen LogP contribution < -0.4 is 0 Å². The Hall–Kier alpha value is -1.59. The number of ether oxygens (including phenoxy) is 1. The Kier molecular flexibility index (Phi) is 5.58. The minimum absolute atomic E-state index is 0.230. The standard InChI is InChI=1S/C21H33N3O2/c1-6-7-15-21(4)24(19(22-26-21)17-12-9-8-10-13-17)23-16-11-14-18(23)20(2,3)25-5/h8-10,12-13,18H,6-7,11,14-16H2,1-5H3/t18-,21+/m0/s1. The van der Waals surface area contributed by atoms with Gasteiger partial charge in [0, 0.05) is 25.6 Å². The van der Waals surface area contributed by atoms with Gasteiger partial charge in [0.1, 0.15) is 0 Å². The molecule has 0 aromatic heterocycles. The van der Waals surface area contributed by atoms with Crippen LogP contribution in [-0.2, 0) is 9.57 Å². The SMILES string of the molecule is CCCC[C@@]1(C)ON=C(c2ccccc2)N1N1CCC[C@H]1C(C)(C)OC. The Labute approximate surface area is 157 Å². The van der Waals surface area contributed by atoms with Crippen LogP contribution in [0.3, 0.4) is 0 Å². The lowest BCUT2D eigenvalue weighted by Gasteiger charge is -2.46. The number of unbranched alkanes of at least 4 members (excludes halogenated alkanes) is 1. The molecule has 0 aliphatic carbocycles. The molecule has 1 fully saturated rings. The van der Waals surface area contributed by atoms with Crippen LogP contribution >= 0.6 is 0 Å². The summed E-state index contributed by atoms with van der Waals surface area (Å²) in [7, 11) is 1.81. The van der Waals surface area contributed by atoms with E-state index in [1.54, 1.807) is 7.11 Å². The molecule has 5 nitrogen and oxygen atoms in total. The summed E-state index contributed by atoms with van der Waals surface area (Å²) in [6.07, 6.45) is 5.46. The van der Waals surface area contributed by atoms with Crippen molar-refractivity contribution in [3.63, 3.8) is 0 Å². The van der Waals surface area contributed by atoms with Gasteiger partial charge in [-0.25, -0.2) is 10.0 Å². The van der Waals surface area contributed by atoms with Gasteiger partial charge >= 0.3 is 0 Å². The van der Waals surface area contributed by atoms with E-state index in [0.29, 0.717) is 6.04 Å². The number of hydrazine groups is 1. The summed E-state index contributed by atoms with van der Waals surface area (Å²) < 4.78 is 5.85. The Bertz CT molecular complexity index is 631. The number of rotatable bonds is 7. The maximum absolute atomic E-state index is 6.06. The average Bonchev–Trinajstić information content (AvgIpc) is 3.25. The van der Waals surface area contributed by atoms with Crippen molar-refractivity contribution in [3.8, 4) is 0 Å². The Morgan fingerprint density at radius 3 is 2.69 bits per heavy atom. The smallest absolute Gasteiger partial charge is 0.222 e. The van der Waals surface area contributed by atoms with Gasteiger partial charge in [-0.2, -0.15) is 0 Å². The third-order valence-electron chi connectivity index (χ3n) is 5.81. The zero-order valence-corrected chi connectivity index (χ0v) is 16.9. The summed E-state index contributed by atoms with van der Waals surface area (Å²) in [5.41, 5.74) is 0.411. The van der Waals surface area contributed by atoms with Gasteiger partial charge in [0.15, 0.2) is 5.84 Å². The molecule has 1 saturated heterocycles. The number of benzene rings is 1. The normalized spacial score (nSPS) is 26.9. The minimum Gasteiger partial charge on any atom is -0.377 e. The van der Waals surface area contributed by atoms with Gasteiger partial charge in [-0.1, -0.05) is 48.8 Å². The molecule has 0 unspecified atom stereocenters. The molecule has 1 aromatic carbocycles. The van der Waals surface area contributed by atoms with Gasteiger partial charge in [-0.3, -0.25) is 0 Å². The summed E-state index contributed by atoms with van der Waals surface area (Å²) in [6.45, 7) is 9.73. The highest BCUT2D eigenvalue weighted by atomic mass is 16.7. The first-order valence-corrected chi connectivity index (χ1v) is 9.86. The predicted octanol–water partition coefficient (Wildman–Crippen LogP) is 4.39. The summed E-state index contributed by atoms with van der Waals surface area (Å²) >= 11 is 0. The molecule has 26 heavy (non-hydrogen) atoms. The predicted molar refractivity (Wildman–Crippen MR) is 105 cm³/mol. The summed E-state index contributed by atoms with van der Waals surface area (Å²) in [4.78, 5) is 6.06. The van der Waals surface area contributed by atoms with Crippen LogP contribution in [0, 0.1) is 0 Å². The molecule has 0 radical (unpaired) electrons. The van der Waals surface area contributed by atoms with Crippen molar-refractivity contribution in [2.24, 2.45) is 5.16 Å². The lowest BCUT2D eigenvalue weighted by molar-refractivity contribution is -0.193. The van der Waals surface area contributed by atoms with Crippen LogP contribution in [0.15, 0.2) is 35.5 Å². The number of hydrogen-bond donors (Lipinski definition) is 0. The number of methoxy groups -OCH3 is 1. The van der Waals surface area contributed by atoms with Crippen LogP contribution in [0.25, 0.3) is 0 Å². The molecule has 0 N–H and O–H groups in total.